The van der Waals surface area contributed by atoms with Crippen molar-refractivity contribution in [1.29, 1.82) is 0 Å². The van der Waals surface area contributed by atoms with Crippen LogP contribution in [0.3, 0.4) is 0 Å². The summed E-state index contributed by atoms with van der Waals surface area (Å²) in [5, 5.41) is 9.94. The lowest BCUT2D eigenvalue weighted by Crippen LogP contribution is -2.33. The third kappa shape index (κ3) is 3.04. The maximum Gasteiger partial charge on any atom is 0.435 e. The van der Waals surface area contributed by atoms with E-state index in [0.29, 0.717) is 30.4 Å². The first-order chi connectivity index (χ1) is 11.1. The normalized spacial score (nSPS) is 17.8. The van der Waals surface area contributed by atoms with Crippen molar-refractivity contribution >= 4 is 0 Å². The van der Waals surface area contributed by atoms with Gasteiger partial charge in [0.25, 0.3) is 0 Å². The van der Waals surface area contributed by atoms with Crippen molar-refractivity contribution in [3.05, 3.63) is 28.7 Å². The monoisotopic (exact) mass is 343 g/mol. The second kappa shape index (κ2) is 5.58. The second-order valence-electron chi connectivity index (χ2n) is 7.13. The van der Waals surface area contributed by atoms with Crippen LogP contribution in [0.2, 0.25) is 0 Å². The Morgan fingerprint density at radius 3 is 2.54 bits per heavy atom. The summed E-state index contributed by atoms with van der Waals surface area (Å²) in [6, 6.07) is -0.266. The molecule has 132 valence electrons. The van der Waals surface area contributed by atoms with Gasteiger partial charge in [0.15, 0.2) is 11.5 Å². The molecule has 0 spiro atoms. The molecule has 6 nitrogen and oxygen atoms in total. The number of nitrogens with zero attached hydrogens (tertiary/aromatic N) is 4. The SMILES string of the molecule is C[C@H](c1nc(C(C)(C)C)no1)N1CCc2[nH]nc(C(F)(F)F)c2C1. The molecule has 0 aromatic carbocycles. The second-order valence-corrected chi connectivity index (χ2v) is 7.13. The van der Waals surface area contributed by atoms with Crippen molar-refractivity contribution < 1.29 is 17.7 Å². The van der Waals surface area contributed by atoms with Gasteiger partial charge in [-0.25, -0.2) is 0 Å². The van der Waals surface area contributed by atoms with Crippen LogP contribution in [-0.4, -0.2) is 31.8 Å². The first-order valence-electron chi connectivity index (χ1n) is 7.79. The molecule has 1 atom stereocenters. The third-order valence-electron chi connectivity index (χ3n) is 4.25. The molecule has 0 radical (unpaired) electrons. The highest BCUT2D eigenvalue weighted by Gasteiger charge is 2.40. The quantitative estimate of drug-likeness (QED) is 0.906. The summed E-state index contributed by atoms with van der Waals surface area (Å²) in [6.07, 6.45) is -3.98. The van der Waals surface area contributed by atoms with E-state index in [1.807, 2.05) is 32.6 Å². The maximum absolute atomic E-state index is 13.1. The van der Waals surface area contributed by atoms with Gasteiger partial charge in [0.05, 0.1) is 6.04 Å². The zero-order valence-corrected chi connectivity index (χ0v) is 14.0. The summed E-state index contributed by atoms with van der Waals surface area (Å²) in [5.41, 5.74) is -0.331. The molecule has 9 heteroatoms. The minimum atomic E-state index is -4.46. The summed E-state index contributed by atoms with van der Waals surface area (Å²) >= 11 is 0. The summed E-state index contributed by atoms with van der Waals surface area (Å²) in [6.45, 7) is 8.52. The number of hydrogen-bond acceptors (Lipinski definition) is 5. The Morgan fingerprint density at radius 2 is 1.96 bits per heavy atom. The Morgan fingerprint density at radius 1 is 1.25 bits per heavy atom. The summed E-state index contributed by atoms with van der Waals surface area (Å²) < 4.78 is 44.5. The molecule has 2 aromatic heterocycles. The lowest BCUT2D eigenvalue weighted by atomic mass is 9.96. The summed E-state index contributed by atoms with van der Waals surface area (Å²) in [4.78, 5) is 6.30. The molecule has 24 heavy (non-hydrogen) atoms. The van der Waals surface area contributed by atoms with Crippen LogP contribution in [-0.2, 0) is 24.6 Å². The number of hydrogen-bond donors (Lipinski definition) is 1. The highest BCUT2D eigenvalue weighted by Crippen LogP contribution is 2.35. The first kappa shape index (κ1) is 16.9. The Labute approximate surface area is 137 Å². The first-order valence-corrected chi connectivity index (χ1v) is 7.79. The number of aromatic amines is 1. The fraction of sp³-hybridized carbons (Fsp3) is 0.667. The number of H-pyrrole nitrogens is 1. The number of nitrogens with one attached hydrogen (secondary N) is 1. The van der Waals surface area contributed by atoms with E-state index in [-0.39, 0.29) is 23.6 Å². The molecule has 0 bridgehead atoms. The van der Waals surface area contributed by atoms with Crippen LogP contribution in [0.1, 0.15) is 62.4 Å². The lowest BCUT2D eigenvalue weighted by Gasteiger charge is -2.30. The molecule has 3 heterocycles. The largest absolute Gasteiger partial charge is 0.435 e. The van der Waals surface area contributed by atoms with Gasteiger partial charge in [-0.15, -0.1) is 0 Å². The van der Waals surface area contributed by atoms with Gasteiger partial charge in [-0.1, -0.05) is 25.9 Å². The van der Waals surface area contributed by atoms with E-state index in [0.717, 1.165) is 0 Å². The van der Waals surface area contributed by atoms with Crippen LogP contribution in [0.15, 0.2) is 4.52 Å². The average Bonchev–Trinajstić information content (AvgIpc) is 3.11. The zero-order valence-electron chi connectivity index (χ0n) is 14.0. The molecule has 3 rings (SSSR count). The fourth-order valence-corrected chi connectivity index (χ4v) is 2.75. The van der Waals surface area contributed by atoms with E-state index < -0.39 is 11.9 Å². The Balaban J connectivity index is 1.82. The molecule has 0 unspecified atom stereocenters. The van der Waals surface area contributed by atoms with Crippen LogP contribution in [0.25, 0.3) is 0 Å². The van der Waals surface area contributed by atoms with Gasteiger partial charge in [0.1, 0.15) is 0 Å². The van der Waals surface area contributed by atoms with Crippen LogP contribution in [0.4, 0.5) is 13.2 Å². The molecule has 1 aliphatic rings. The van der Waals surface area contributed by atoms with Gasteiger partial charge in [0, 0.05) is 36.2 Å². The highest BCUT2D eigenvalue weighted by atomic mass is 19.4. The topological polar surface area (TPSA) is 70.8 Å². The fourth-order valence-electron chi connectivity index (χ4n) is 2.75. The van der Waals surface area contributed by atoms with Gasteiger partial charge in [-0.2, -0.15) is 23.3 Å². The van der Waals surface area contributed by atoms with E-state index in [9.17, 15) is 13.2 Å². The number of halogens is 3. The molecule has 0 saturated heterocycles. The summed E-state index contributed by atoms with van der Waals surface area (Å²) in [5.74, 6) is 1.00. The molecular weight excluding hydrogens is 323 g/mol. The molecule has 0 fully saturated rings. The number of fused-ring (bicyclic) bond motifs is 1. The van der Waals surface area contributed by atoms with Crippen LogP contribution >= 0.6 is 0 Å². The van der Waals surface area contributed by atoms with Gasteiger partial charge in [-0.05, 0) is 6.92 Å². The molecule has 0 amide bonds. The lowest BCUT2D eigenvalue weighted by molar-refractivity contribution is -0.142. The van der Waals surface area contributed by atoms with E-state index >= 15 is 0 Å². The van der Waals surface area contributed by atoms with Crippen LogP contribution in [0.5, 0.6) is 0 Å². The molecule has 2 aromatic rings. The predicted octanol–water partition coefficient (Wildman–Crippen LogP) is 3.23. The Kier molecular flexibility index (Phi) is 3.94. The summed E-state index contributed by atoms with van der Waals surface area (Å²) in [7, 11) is 0. The molecule has 0 aliphatic carbocycles. The van der Waals surface area contributed by atoms with Gasteiger partial charge >= 0.3 is 6.18 Å². The third-order valence-corrected chi connectivity index (χ3v) is 4.25. The van der Waals surface area contributed by atoms with Crippen molar-refractivity contribution in [3.63, 3.8) is 0 Å². The highest BCUT2D eigenvalue weighted by molar-refractivity contribution is 5.29. The number of rotatable bonds is 2. The average molecular weight is 343 g/mol. The molecular formula is C15H20F3N5O. The molecule has 0 saturated carbocycles. The Bertz CT molecular complexity index is 728. The van der Waals surface area contributed by atoms with Gasteiger partial charge in [0.2, 0.25) is 5.89 Å². The van der Waals surface area contributed by atoms with Gasteiger partial charge < -0.3 is 4.52 Å². The van der Waals surface area contributed by atoms with Gasteiger partial charge in [-0.3, -0.25) is 10.00 Å². The van der Waals surface area contributed by atoms with Crippen molar-refractivity contribution in [2.45, 2.75) is 58.3 Å². The number of aromatic nitrogens is 4. The van der Waals surface area contributed by atoms with Crippen molar-refractivity contribution in [1.82, 2.24) is 25.2 Å². The minimum absolute atomic E-state index is 0.148. The van der Waals surface area contributed by atoms with E-state index in [1.54, 1.807) is 0 Å². The van der Waals surface area contributed by atoms with Crippen molar-refractivity contribution in [2.24, 2.45) is 0 Å². The number of alkyl halides is 3. The van der Waals surface area contributed by atoms with Crippen LogP contribution in [0, 0.1) is 0 Å². The smallest absolute Gasteiger partial charge is 0.338 e. The van der Waals surface area contributed by atoms with Crippen molar-refractivity contribution in [2.75, 3.05) is 6.54 Å². The molecule has 1 aliphatic heterocycles. The Hall–Kier alpha value is -1.90. The minimum Gasteiger partial charge on any atom is -0.338 e. The zero-order chi connectivity index (χ0) is 17.7. The van der Waals surface area contributed by atoms with E-state index in [2.05, 4.69) is 20.3 Å². The molecule has 1 N–H and O–H groups in total. The van der Waals surface area contributed by atoms with Crippen molar-refractivity contribution in [3.8, 4) is 0 Å². The maximum atomic E-state index is 13.1. The van der Waals surface area contributed by atoms with Crippen LogP contribution < -0.4 is 0 Å². The predicted molar refractivity (Wildman–Crippen MR) is 79.1 cm³/mol. The van der Waals surface area contributed by atoms with E-state index in [1.165, 1.54) is 0 Å². The standard InChI is InChI=1S/C15H20F3N5O/c1-8(12-19-13(22-24-12)14(2,3)4)23-6-5-10-9(7-23)11(21-20-10)15(16,17)18/h8H,5-7H2,1-4H3,(H,20,21)/t8-/m1/s1. The van der Waals surface area contributed by atoms with E-state index in [4.69, 9.17) is 4.52 Å².